The molecule has 1 saturated carbocycles. The molecule has 29 heavy (non-hydrogen) atoms. The number of rotatable bonds is 6. The second-order valence-electron chi connectivity index (χ2n) is 6.89. The lowest BCUT2D eigenvalue weighted by Crippen LogP contribution is -2.43. The van der Waals surface area contributed by atoms with Gasteiger partial charge in [0.15, 0.2) is 5.69 Å². The predicted molar refractivity (Wildman–Crippen MR) is 111 cm³/mol. The topological polar surface area (TPSA) is 95.3 Å². The largest absolute Gasteiger partial charge is 0.461 e. The molecule has 1 aromatic heterocycles. The van der Waals surface area contributed by atoms with Crippen molar-refractivity contribution >= 4 is 29.0 Å². The number of hydrogen-bond acceptors (Lipinski definition) is 6. The van der Waals surface area contributed by atoms with Crippen molar-refractivity contribution in [2.24, 2.45) is 0 Å². The summed E-state index contributed by atoms with van der Waals surface area (Å²) in [6.07, 6.45) is 5.29. The van der Waals surface area contributed by atoms with E-state index in [0.29, 0.717) is 29.4 Å². The highest BCUT2D eigenvalue weighted by molar-refractivity contribution is 7.09. The second-order valence-corrected chi connectivity index (χ2v) is 7.83. The smallest absolute Gasteiger partial charge is 0.357 e. The summed E-state index contributed by atoms with van der Waals surface area (Å²) in [6, 6.07) is 8.79. The van der Waals surface area contributed by atoms with Gasteiger partial charge < -0.3 is 15.0 Å². The molecule has 152 valence electrons. The zero-order valence-electron chi connectivity index (χ0n) is 16.4. The molecule has 1 heterocycles. The van der Waals surface area contributed by atoms with Crippen molar-refractivity contribution in [3.05, 3.63) is 45.9 Å². The Morgan fingerprint density at radius 2 is 2.00 bits per heavy atom. The number of hydrogen-bond donors (Lipinski definition) is 1. The summed E-state index contributed by atoms with van der Waals surface area (Å²) in [5, 5.41) is 14.2. The molecule has 1 aromatic carbocycles. The van der Waals surface area contributed by atoms with E-state index in [1.54, 1.807) is 36.6 Å². The highest BCUT2D eigenvalue weighted by atomic mass is 32.1. The van der Waals surface area contributed by atoms with Gasteiger partial charge in [0.05, 0.1) is 24.8 Å². The molecule has 0 spiro atoms. The minimum Gasteiger partial charge on any atom is -0.461 e. The summed E-state index contributed by atoms with van der Waals surface area (Å²) >= 11 is 1.36. The average molecular weight is 413 g/mol. The molecule has 0 radical (unpaired) electrons. The van der Waals surface area contributed by atoms with Crippen molar-refractivity contribution < 1.29 is 14.3 Å². The molecule has 0 aliphatic heterocycles. The van der Waals surface area contributed by atoms with Crippen LogP contribution in [-0.2, 0) is 11.3 Å². The van der Waals surface area contributed by atoms with Crippen molar-refractivity contribution in [1.82, 2.24) is 9.88 Å². The van der Waals surface area contributed by atoms with Crippen LogP contribution < -0.4 is 5.32 Å². The monoisotopic (exact) mass is 412 g/mol. The summed E-state index contributed by atoms with van der Waals surface area (Å²) in [5.41, 5.74) is 1.46. The lowest BCUT2D eigenvalue weighted by atomic mass is 9.94. The minimum atomic E-state index is -0.443. The third kappa shape index (κ3) is 5.55. The second kappa shape index (κ2) is 10.0. The number of ether oxygens (including phenoxy) is 1. The number of carbonyl (C=O) groups excluding carboxylic acids is 2. The maximum atomic E-state index is 13.0. The Balaban J connectivity index is 1.74. The first-order chi connectivity index (χ1) is 14.1. The van der Waals surface area contributed by atoms with Crippen LogP contribution >= 0.6 is 11.3 Å². The maximum absolute atomic E-state index is 13.0. The van der Waals surface area contributed by atoms with E-state index in [1.165, 1.54) is 17.8 Å². The SMILES string of the molecule is CCOC(=O)c1csc(CN(C(=O)Nc2ccc(C#N)cc2)C2CCCCC2)n1. The van der Waals surface area contributed by atoms with Crippen LogP contribution in [0.15, 0.2) is 29.6 Å². The normalized spacial score (nSPS) is 14.1. The summed E-state index contributed by atoms with van der Waals surface area (Å²) < 4.78 is 5.00. The van der Waals surface area contributed by atoms with Gasteiger partial charge in [-0.1, -0.05) is 19.3 Å². The van der Waals surface area contributed by atoms with Crippen molar-refractivity contribution in [3.8, 4) is 6.07 Å². The molecule has 1 N–H and O–H groups in total. The Hall–Kier alpha value is -2.92. The zero-order chi connectivity index (χ0) is 20.6. The Bertz CT molecular complexity index is 882. The maximum Gasteiger partial charge on any atom is 0.357 e. The standard InChI is InChI=1S/C21H24N4O3S/c1-2-28-20(26)18-14-29-19(24-18)13-25(17-6-4-3-5-7-17)21(27)23-16-10-8-15(12-22)9-11-16/h8-11,14,17H,2-7,13H2,1H3,(H,23,27). The molecule has 0 unspecified atom stereocenters. The first kappa shape index (κ1) is 20.8. The third-order valence-electron chi connectivity index (χ3n) is 4.88. The average Bonchev–Trinajstić information content (AvgIpc) is 3.22. The molecule has 3 rings (SSSR count). The van der Waals surface area contributed by atoms with Gasteiger partial charge >= 0.3 is 12.0 Å². The van der Waals surface area contributed by atoms with Crippen LogP contribution in [0.1, 0.15) is 60.1 Å². The molecule has 1 aliphatic carbocycles. The van der Waals surface area contributed by atoms with Gasteiger partial charge in [-0.15, -0.1) is 11.3 Å². The number of esters is 1. The van der Waals surface area contributed by atoms with Crippen LogP contribution in [0.25, 0.3) is 0 Å². The van der Waals surface area contributed by atoms with Gasteiger partial charge in [-0.05, 0) is 44.0 Å². The van der Waals surface area contributed by atoms with Gasteiger partial charge in [-0.25, -0.2) is 14.6 Å². The summed E-state index contributed by atoms with van der Waals surface area (Å²) in [7, 11) is 0. The van der Waals surface area contributed by atoms with E-state index < -0.39 is 5.97 Å². The van der Waals surface area contributed by atoms with E-state index in [1.807, 2.05) is 4.90 Å². The number of anilines is 1. The molecule has 0 saturated heterocycles. The fourth-order valence-corrected chi connectivity index (χ4v) is 4.17. The lowest BCUT2D eigenvalue weighted by molar-refractivity contribution is 0.0520. The van der Waals surface area contributed by atoms with Crippen LogP contribution in [0, 0.1) is 11.3 Å². The number of nitrogens with one attached hydrogen (secondary N) is 1. The fourth-order valence-electron chi connectivity index (χ4n) is 3.41. The molecule has 0 atom stereocenters. The number of carbonyl (C=O) groups is 2. The van der Waals surface area contributed by atoms with E-state index in [4.69, 9.17) is 10.00 Å². The fraction of sp³-hybridized carbons (Fsp3) is 0.429. The Morgan fingerprint density at radius 1 is 1.28 bits per heavy atom. The number of nitrogens with zero attached hydrogens (tertiary/aromatic N) is 3. The molecule has 0 bridgehead atoms. The summed E-state index contributed by atoms with van der Waals surface area (Å²) in [4.78, 5) is 31.1. The summed E-state index contributed by atoms with van der Waals surface area (Å²) in [5.74, 6) is -0.443. The molecule has 2 amide bonds. The minimum absolute atomic E-state index is 0.136. The highest BCUT2D eigenvalue weighted by Crippen LogP contribution is 2.26. The van der Waals surface area contributed by atoms with E-state index in [0.717, 1.165) is 25.7 Å². The summed E-state index contributed by atoms with van der Waals surface area (Å²) in [6.45, 7) is 2.40. The van der Waals surface area contributed by atoms with Gasteiger partial charge in [-0.3, -0.25) is 0 Å². The number of nitriles is 1. The first-order valence-electron chi connectivity index (χ1n) is 9.80. The lowest BCUT2D eigenvalue weighted by Gasteiger charge is -2.33. The van der Waals surface area contributed by atoms with Crippen LogP contribution in [0.4, 0.5) is 10.5 Å². The van der Waals surface area contributed by atoms with E-state index in [9.17, 15) is 9.59 Å². The van der Waals surface area contributed by atoms with Crippen molar-refractivity contribution in [2.75, 3.05) is 11.9 Å². The Morgan fingerprint density at radius 3 is 2.66 bits per heavy atom. The Kier molecular flexibility index (Phi) is 7.19. The van der Waals surface area contributed by atoms with Gasteiger partial charge in [0.1, 0.15) is 5.01 Å². The van der Waals surface area contributed by atoms with Gasteiger partial charge in [0.25, 0.3) is 0 Å². The van der Waals surface area contributed by atoms with Gasteiger partial charge in [-0.2, -0.15) is 5.26 Å². The van der Waals surface area contributed by atoms with Crippen LogP contribution in [0.3, 0.4) is 0 Å². The molecule has 7 nitrogen and oxygen atoms in total. The van der Waals surface area contributed by atoms with E-state index >= 15 is 0 Å². The van der Waals surface area contributed by atoms with Gasteiger partial charge in [0.2, 0.25) is 0 Å². The highest BCUT2D eigenvalue weighted by Gasteiger charge is 2.27. The number of aromatic nitrogens is 1. The van der Waals surface area contributed by atoms with Crippen molar-refractivity contribution in [3.63, 3.8) is 0 Å². The molecular formula is C21H24N4O3S. The predicted octanol–water partition coefficient (Wildman–Crippen LogP) is 4.56. The molecule has 8 heteroatoms. The molecule has 1 fully saturated rings. The Labute approximate surface area is 174 Å². The molecular weight excluding hydrogens is 388 g/mol. The third-order valence-corrected chi connectivity index (χ3v) is 5.72. The number of thiazole rings is 1. The molecule has 1 aliphatic rings. The quantitative estimate of drug-likeness (QED) is 0.702. The zero-order valence-corrected chi connectivity index (χ0v) is 17.2. The number of amides is 2. The van der Waals surface area contributed by atoms with Crippen molar-refractivity contribution in [2.45, 2.75) is 51.6 Å². The van der Waals surface area contributed by atoms with Crippen LogP contribution in [0.2, 0.25) is 0 Å². The number of urea groups is 1. The van der Waals surface area contributed by atoms with Crippen LogP contribution in [0.5, 0.6) is 0 Å². The van der Waals surface area contributed by atoms with Crippen molar-refractivity contribution in [1.29, 1.82) is 5.26 Å². The first-order valence-corrected chi connectivity index (χ1v) is 10.7. The number of benzene rings is 1. The van der Waals surface area contributed by atoms with Crippen LogP contribution in [-0.4, -0.2) is 34.5 Å². The van der Waals surface area contributed by atoms with E-state index in [2.05, 4.69) is 16.4 Å². The molecule has 2 aromatic rings. The van der Waals surface area contributed by atoms with Gasteiger partial charge in [0, 0.05) is 17.1 Å². The van der Waals surface area contributed by atoms with E-state index in [-0.39, 0.29) is 17.8 Å².